The summed E-state index contributed by atoms with van der Waals surface area (Å²) in [7, 11) is 0. The number of pyridine rings is 1. The molecule has 0 atom stereocenters. The standard InChI is InChI=1S/C12H14Cl2N2O2/c1-12(2)7-16(3-4-18-12)11(17)8-5-10(14)15-6-9(8)13/h5-6H,3-4,7H2,1-2H3. The second-order valence-corrected chi connectivity index (χ2v) is 5.62. The van der Waals surface area contributed by atoms with Crippen molar-refractivity contribution >= 4 is 29.1 Å². The average Bonchev–Trinajstić information content (AvgIpc) is 2.30. The Kier molecular flexibility index (Phi) is 3.80. The van der Waals surface area contributed by atoms with E-state index in [0.29, 0.717) is 30.3 Å². The number of ether oxygens (including phenoxy) is 1. The van der Waals surface area contributed by atoms with Gasteiger partial charge in [0.25, 0.3) is 5.91 Å². The maximum absolute atomic E-state index is 12.4. The number of carbonyl (C=O) groups excluding carboxylic acids is 1. The SMILES string of the molecule is CC1(C)CN(C(=O)c2cc(Cl)ncc2Cl)CCO1. The molecule has 6 heteroatoms. The molecule has 0 spiro atoms. The van der Waals surface area contributed by atoms with E-state index in [1.165, 1.54) is 12.3 Å². The minimum absolute atomic E-state index is 0.138. The van der Waals surface area contributed by atoms with Crippen LogP contribution >= 0.6 is 23.2 Å². The smallest absolute Gasteiger partial charge is 0.255 e. The van der Waals surface area contributed by atoms with Gasteiger partial charge < -0.3 is 9.64 Å². The third-order valence-electron chi connectivity index (χ3n) is 2.77. The molecule has 0 aromatic carbocycles. The molecule has 1 aromatic rings. The van der Waals surface area contributed by atoms with Gasteiger partial charge in [0.15, 0.2) is 0 Å². The molecule has 1 saturated heterocycles. The highest BCUT2D eigenvalue weighted by atomic mass is 35.5. The van der Waals surface area contributed by atoms with Crippen LogP contribution in [0.25, 0.3) is 0 Å². The Morgan fingerprint density at radius 1 is 1.50 bits per heavy atom. The van der Waals surface area contributed by atoms with Gasteiger partial charge in [0.1, 0.15) is 5.15 Å². The Balaban J connectivity index is 2.23. The molecule has 1 amide bonds. The molecule has 0 bridgehead atoms. The lowest BCUT2D eigenvalue weighted by molar-refractivity contribution is -0.0764. The summed E-state index contributed by atoms with van der Waals surface area (Å²) in [5, 5.41) is 0.573. The highest BCUT2D eigenvalue weighted by molar-refractivity contribution is 6.35. The lowest BCUT2D eigenvalue weighted by Crippen LogP contribution is -2.50. The molecule has 98 valence electrons. The summed E-state index contributed by atoms with van der Waals surface area (Å²) in [6.45, 7) is 5.51. The number of hydrogen-bond donors (Lipinski definition) is 0. The van der Waals surface area contributed by atoms with Crippen molar-refractivity contribution in [1.29, 1.82) is 0 Å². The molecule has 2 heterocycles. The number of hydrogen-bond acceptors (Lipinski definition) is 3. The van der Waals surface area contributed by atoms with E-state index in [0.717, 1.165) is 0 Å². The minimum Gasteiger partial charge on any atom is -0.372 e. The minimum atomic E-state index is -0.336. The molecule has 0 radical (unpaired) electrons. The number of carbonyl (C=O) groups is 1. The molecule has 0 unspecified atom stereocenters. The molecule has 2 rings (SSSR count). The second-order valence-electron chi connectivity index (χ2n) is 4.82. The van der Waals surface area contributed by atoms with E-state index in [2.05, 4.69) is 4.98 Å². The van der Waals surface area contributed by atoms with E-state index in [1.54, 1.807) is 4.90 Å². The summed E-state index contributed by atoms with van der Waals surface area (Å²) >= 11 is 11.8. The molecule has 0 aliphatic carbocycles. The van der Waals surface area contributed by atoms with Crippen LogP contribution in [0.15, 0.2) is 12.3 Å². The van der Waals surface area contributed by atoms with Crippen LogP contribution in [0.3, 0.4) is 0 Å². The van der Waals surface area contributed by atoms with E-state index in [9.17, 15) is 4.79 Å². The van der Waals surface area contributed by atoms with Gasteiger partial charge in [-0.2, -0.15) is 0 Å². The lowest BCUT2D eigenvalue weighted by Gasteiger charge is -2.38. The third-order valence-corrected chi connectivity index (χ3v) is 3.27. The molecule has 0 N–H and O–H groups in total. The van der Waals surface area contributed by atoms with Crippen LogP contribution in [0.4, 0.5) is 0 Å². The predicted molar refractivity (Wildman–Crippen MR) is 70.2 cm³/mol. The summed E-state index contributed by atoms with van der Waals surface area (Å²) in [6.07, 6.45) is 1.39. The number of amides is 1. The van der Waals surface area contributed by atoms with Gasteiger partial charge in [0.2, 0.25) is 0 Å². The van der Waals surface area contributed by atoms with Crippen LogP contribution in [0.2, 0.25) is 10.2 Å². The Morgan fingerprint density at radius 3 is 2.89 bits per heavy atom. The van der Waals surface area contributed by atoms with Gasteiger partial charge in [-0.25, -0.2) is 4.98 Å². The fourth-order valence-electron chi connectivity index (χ4n) is 1.94. The van der Waals surface area contributed by atoms with Gasteiger partial charge in [0, 0.05) is 19.3 Å². The molecule has 1 fully saturated rings. The number of nitrogens with zero attached hydrogens (tertiary/aromatic N) is 2. The number of halogens is 2. The summed E-state index contributed by atoms with van der Waals surface area (Å²) < 4.78 is 5.57. The van der Waals surface area contributed by atoms with E-state index in [1.807, 2.05) is 13.8 Å². The van der Waals surface area contributed by atoms with Gasteiger partial charge in [-0.15, -0.1) is 0 Å². The Labute approximate surface area is 116 Å². The lowest BCUT2D eigenvalue weighted by atomic mass is 10.1. The van der Waals surface area contributed by atoms with Crippen molar-refractivity contribution in [3.8, 4) is 0 Å². The fraction of sp³-hybridized carbons (Fsp3) is 0.500. The molecule has 0 saturated carbocycles. The van der Waals surface area contributed by atoms with Gasteiger partial charge in [-0.05, 0) is 19.9 Å². The van der Waals surface area contributed by atoms with E-state index < -0.39 is 0 Å². The van der Waals surface area contributed by atoms with Gasteiger partial charge >= 0.3 is 0 Å². The monoisotopic (exact) mass is 288 g/mol. The first-order chi connectivity index (χ1) is 8.39. The molecule has 4 nitrogen and oxygen atoms in total. The first kappa shape index (κ1) is 13.6. The maximum atomic E-state index is 12.4. The Morgan fingerprint density at radius 2 is 2.22 bits per heavy atom. The molecular weight excluding hydrogens is 275 g/mol. The second kappa shape index (κ2) is 5.03. The van der Waals surface area contributed by atoms with Crippen molar-refractivity contribution in [2.45, 2.75) is 19.4 Å². The summed E-state index contributed by atoms with van der Waals surface area (Å²) in [4.78, 5) is 17.9. The molecule has 1 aliphatic heterocycles. The normalized spacial score (nSPS) is 18.8. The predicted octanol–water partition coefficient (Wildman–Crippen LogP) is 2.64. The number of aromatic nitrogens is 1. The van der Waals surface area contributed by atoms with Crippen molar-refractivity contribution in [1.82, 2.24) is 9.88 Å². The van der Waals surface area contributed by atoms with Crippen LogP contribution in [0.5, 0.6) is 0 Å². The van der Waals surface area contributed by atoms with Crippen LogP contribution in [-0.2, 0) is 4.74 Å². The van der Waals surface area contributed by atoms with Crippen molar-refractivity contribution < 1.29 is 9.53 Å². The summed E-state index contributed by atoms with van der Waals surface area (Å²) in [5.74, 6) is -0.138. The topological polar surface area (TPSA) is 42.4 Å². The zero-order chi connectivity index (χ0) is 13.3. The van der Waals surface area contributed by atoms with Gasteiger partial charge in [0.05, 0.1) is 22.8 Å². The van der Waals surface area contributed by atoms with Crippen molar-refractivity contribution in [3.05, 3.63) is 28.0 Å². The highest BCUT2D eigenvalue weighted by Crippen LogP contribution is 2.23. The summed E-state index contributed by atoms with van der Waals surface area (Å²) in [5.41, 5.74) is 0.0476. The third kappa shape index (κ3) is 2.94. The first-order valence-electron chi connectivity index (χ1n) is 5.63. The molecule has 1 aliphatic rings. The number of morpholine rings is 1. The fourth-order valence-corrected chi connectivity index (χ4v) is 2.28. The average molecular weight is 289 g/mol. The number of rotatable bonds is 1. The van der Waals surface area contributed by atoms with E-state index in [-0.39, 0.29) is 16.7 Å². The highest BCUT2D eigenvalue weighted by Gasteiger charge is 2.31. The quantitative estimate of drug-likeness (QED) is 0.746. The first-order valence-corrected chi connectivity index (χ1v) is 6.39. The van der Waals surface area contributed by atoms with Crippen molar-refractivity contribution in [2.24, 2.45) is 0 Å². The van der Waals surface area contributed by atoms with Gasteiger partial charge in [-0.3, -0.25) is 4.79 Å². The van der Waals surface area contributed by atoms with Crippen LogP contribution in [0.1, 0.15) is 24.2 Å². The molecule has 18 heavy (non-hydrogen) atoms. The largest absolute Gasteiger partial charge is 0.372 e. The van der Waals surface area contributed by atoms with Crippen LogP contribution < -0.4 is 0 Å². The zero-order valence-corrected chi connectivity index (χ0v) is 11.8. The Bertz CT molecular complexity index is 477. The van der Waals surface area contributed by atoms with Gasteiger partial charge in [-0.1, -0.05) is 23.2 Å². The zero-order valence-electron chi connectivity index (χ0n) is 10.2. The van der Waals surface area contributed by atoms with Crippen LogP contribution in [0, 0.1) is 0 Å². The van der Waals surface area contributed by atoms with E-state index >= 15 is 0 Å². The maximum Gasteiger partial charge on any atom is 0.255 e. The van der Waals surface area contributed by atoms with Crippen LogP contribution in [-0.4, -0.2) is 41.1 Å². The summed E-state index contributed by atoms with van der Waals surface area (Å²) in [6, 6.07) is 1.49. The Hall–Kier alpha value is -0.840. The molecule has 1 aromatic heterocycles. The van der Waals surface area contributed by atoms with Crippen molar-refractivity contribution in [2.75, 3.05) is 19.7 Å². The van der Waals surface area contributed by atoms with Crippen molar-refractivity contribution in [3.63, 3.8) is 0 Å². The molecular formula is C12H14Cl2N2O2. The van der Waals surface area contributed by atoms with E-state index in [4.69, 9.17) is 27.9 Å².